The first kappa shape index (κ1) is 18.8. The van der Waals surface area contributed by atoms with Gasteiger partial charge in [-0.15, -0.1) is 0 Å². The summed E-state index contributed by atoms with van der Waals surface area (Å²) in [5.41, 5.74) is 3.62. The Labute approximate surface area is 170 Å². The van der Waals surface area contributed by atoms with Crippen molar-refractivity contribution in [1.29, 1.82) is 0 Å². The van der Waals surface area contributed by atoms with Crippen LogP contribution in [0.4, 0.5) is 16.4 Å². The molecule has 1 aromatic heterocycles. The molecule has 1 aliphatic heterocycles. The number of nitro groups is 1. The number of thiophene rings is 1. The van der Waals surface area contributed by atoms with Gasteiger partial charge in [0.1, 0.15) is 4.88 Å². The number of carbonyl (C=O) groups excluding carboxylic acids is 2. The van der Waals surface area contributed by atoms with Crippen LogP contribution in [0.1, 0.15) is 20.8 Å². The zero-order chi connectivity index (χ0) is 20.4. The highest BCUT2D eigenvalue weighted by Crippen LogP contribution is 2.36. The normalized spacial score (nSPS) is 12.5. The average Bonchev–Trinajstić information content (AvgIpc) is 3.17. The van der Waals surface area contributed by atoms with Crippen molar-refractivity contribution in [1.82, 2.24) is 0 Å². The van der Waals surface area contributed by atoms with Gasteiger partial charge in [-0.2, -0.15) is 0 Å². The molecule has 0 fully saturated rings. The molecule has 0 aliphatic carbocycles. The molecule has 1 amide bonds. The number of para-hydroxylation sites is 2. The molecule has 0 radical (unpaired) electrons. The minimum absolute atomic E-state index is 0.0844. The van der Waals surface area contributed by atoms with Crippen LogP contribution in [0.3, 0.4) is 0 Å². The molecule has 0 bridgehead atoms. The van der Waals surface area contributed by atoms with Gasteiger partial charge in [0.05, 0.1) is 16.3 Å². The molecule has 146 valence electrons. The fourth-order valence-electron chi connectivity index (χ4n) is 3.35. The molecule has 0 saturated carbocycles. The Morgan fingerprint density at radius 3 is 2.10 bits per heavy atom. The molecule has 1 aliphatic rings. The summed E-state index contributed by atoms with van der Waals surface area (Å²) >= 11 is 0.718. The van der Waals surface area contributed by atoms with Crippen molar-refractivity contribution in [3.05, 3.63) is 86.8 Å². The smallest absolute Gasteiger partial charge is 0.349 e. The highest BCUT2D eigenvalue weighted by atomic mass is 32.1. The van der Waals surface area contributed by atoms with Crippen LogP contribution in [0.15, 0.2) is 60.7 Å². The average molecular weight is 408 g/mol. The number of hydrogen-bond acceptors (Lipinski definition) is 6. The summed E-state index contributed by atoms with van der Waals surface area (Å²) in [5.74, 6) is -1.14. The van der Waals surface area contributed by atoms with Crippen LogP contribution in [-0.4, -0.2) is 23.4 Å². The third-order valence-corrected chi connectivity index (χ3v) is 5.69. The van der Waals surface area contributed by atoms with Gasteiger partial charge in [0.15, 0.2) is 6.61 Å². The molecule has 0 N–H and O–H groups in total. The minimum atomic E-state index is -0.757. The van der Waals surface area contributed by atoms with Crippen LogP contribution >= 0.6 is 11.3 Å². The number of ether oxygens (including phenoxy) is 1. The first-order valence-corrected chi connectivity index (χ1v) is 9.76. The van der Waals surface area contributed by atoms with E-state index >= 15 is 0 Å². The maximum absolute atomic E-state index is 13.1. The number of carbonyl (C=O) groups is 2. The van der Waals surface area contributed by atoms with Gasteiger partial charge in [-0.1, -0.05) is 47.7 Å². The van der Waals surface area contributed by atoms with E-state index in [4.69, 9.17) is 4.74 Å². The molecule has 29 heavy (non-hydrogen) atoms. The number of fused-ring (bicyclic) bond motifs is 2. The summed E-state index contributed by atoms with van der Waals surface area (Å²) < 4.78 is 5.16. The minimum Gasteiger partial charge on any atom is -0.451 e. The third-order valence-electron chi connectivity index (χ3n) is 4.68. The molecule has 0 unspecified atom stereocenters. The second-order valence-corrected chi connectivity index (χ2v) is 7.52. The number of rotatable bonds is 4. The zero-order valence-corrected chi connectivity index (χ0v) is 16.1. The van der Waals surface area contributed by atoms with Gasteiger partial charge in [0, 0.05) is 6.07 Å². The molecule has 7 nitrogen and oxygen atoms in total. The van der Waals surface area contributed by atoms with Crippen LogP contribution in [0.25, 0.3) is 0 Å². The topological polar surface area (TPSA) is 89.8 Å². The van der Waals surface area contributed by atoms with Crippen molar-refractivity contribution in [3.8, 4) is 0 Å². The summed E-state index contributed by atoms with van der Waals surface area (Å²) in [4.78, 5) is 37.2. The molecule has 2 heterocycles. The van der Waals surface area contributed by atoms with E-state index in [2.05, 4.69) is 0 Å². The number of hydrogen-bond donors (Lipinski definition) is 0. The molecule has 0 atom stereocenters. The predicted octanol–water partition coefficient (Wildman–Crippen LogP) is 4.28. The van der Waals surface area contributed by atoms with E-state index < -0.39 is 17.5 Å². The van der Waals surface area contributed by atoms with Crippen molar-refractivity contribution in [2.24, 2.45) is 0 Å². The SMILES string of the molecule is O=C(OCC(=O)N1c2ccccc2CCc2ccccc21)c1ccc([N+](=O)[O-])s1. The van der Waals surface area contributed by atoms with E-state index in [0.717, 1.165) is 46.7 Å². The van der Waals surface area contributed by atoms with E-state index in [1.165, 1.54) is 12.1 Å². The standard InChI is InChI=1S/C21H16N2O5S/c24-19(13-28-21(25)18-11-12-20(29-18)23(26)27)22-16-7-3-1-5-14(16)9-10-15-6-2-4-8-17(15)22/h1-8,11-12H,9-10,13H2. The second-order valence-electron chi connectivity index (χ2n) is 6.46. The summed E-state index contributed by atoms with van der Waals surface area (Å²) in [7, 11) is 0. The first-order valence-electron chi connectivity index (χ1n) is 8.94. The first-order chi connectivity index (χ1) is 14.0. The van der Waals surface area contributed by atoms with Gasteiger partial charge in [-0.05, 0) is 42.2 Å². The lowest BCUT2D eigenvalue weighted by molar-refractivity contribution is -0.380. The maximum atomic E-state index is 13.1. The van der Waals surface area contributed by atoms with Gasteiger partial charge in [0.25, 0.3) is 5.91 Å². The lowest BCUT2D eigenvalue weighted by Crippen LogP contribution is -2.31. The summed E-state index contributed by atoms with van der Waals surface area (Å²) in [6.07, 6.45) is 1.60. The number of amides is 1. The van der Waals surface area contributed by atoms with Crippen LogP contribution in [-0.2, 0) is 22.4 Å². The van der Waals surface area contributed by atoms with Gasteiger partial charge in [-0.3, -0.25) is 19.8 Å². The summed E-state index contributed by atoms with van der Waals surface area (Å²) in [5, 5.41) is 10.6. The van der Waals surface area contributed by atoms with Crippen LogP contribution in [0, 0.1) is 10.1 Å². The van der Waals surface area contributed by atoms with E-state index in [9.17, 15) is 19.7 Å². The fraction of sp³-hybridized carbons (Fsp3) is 0.143. The summed E-state index contributed by atoms with van der Waals surface area (Å²) in [6, 6.07) is 17.9. The Kier molecular flexibility index (Phi) is 5.09. The fourth-order valence-corrected chi connectivity index (χ4v) is 4.06. The molecule has 4 rings (SSSR count). The van der Waals surface area contributed by atoms with E-state index in [0.29, 0.717) is 0 Å². The molecular formula is C21H16N2O5S. The van der Waals surface area contributed by atoms with Gasteiger partial charge in [0.2, 0.25) is 0 Å². The predicted molar refractivity (Wildman–Crippen MR) is 109 cm³/mol. The number of nitrogens with zero attached hydrogens (tertiary/aromatic N) is 2. The highest BCUT2D eigenvalue weighted by Gasteiger charge is 2.27. The van der Waals surface area contributed by atoms with Crippen LogP contribution < -0.4 is 4.90 Å². The van der Waals surface area contributed by atoms with Crippen molar-refractivity contribution in [2.45, 2.75) is 12.8 Å². The van der Waals surface area contributed by atoms with Crippen molar-refractivity contribution < 1.29 is 19.2 Å². The number of benzene rings is 2. The Balaban J connectivity index is 1.58. The molecule has 2 aromatic carbocycles. The third kappa shape index (κ3) is 3.74. The Bertz CT molecular complexity index is 1060. The number of aryl methyl sites for hydroxylation is 2. The van der Waals surface area contributed by atoms with Gasteiger partial charge >= 0.3 is 11.0 Å². The van der Waals surface area contributed by atoms with Crippen molar-refractivity contribution in [2.75, 3.05) is 11.5 Å². The maximum Gasteiger partial charge on any atom is 0.349 e. The molecular weight excluding hydrogens is 392 g/mol. The Hall–Kier alpha value is -3.52. The number of esters is 1. The lowest BCUT2D eigenvalue weighted by Gasteiger charge is -2.24. The van der Waals surface area contributed by atoms with E-state index in [-0.39, 0.29) is 15.8 Å². The zero-order valence-electron chi connectivity index (χ0n) is 15.2. The van der Waals surface area contributed by atoms with Gasteiger partial charge < -0.3 is 4.74 Å². The van der Waals surface area contributed by atoms with Crippen molar-refractivity contribution >= 4 is 39.6 Å². The molecule has 0 spiro atoms. The Morgan fingerprint density at radius 2 is 1.55 bits per heavy atom. The van der Waals surface area contributed by atoms with Gasteiger partial charge in [-0.25, -0.2) is 4.79 Å². The second kappa shape index (κ2) is 7.84. The number of anilines is 2. The van der Waals surface area contributed by atoms with Crippen LogP contribution in [0.5, 0.6) is 0 Å². The molecule has 0 saturated heterocycles. The largest absolute Gasteiger partial charge is 0.451 e. The highest BCUT2D eigenvalue weighted by molar-refractivity contribution is 7.17. The quantitative estimate of drug-likeness (QED) is 0.365. The Morgan fingerprint density at radius 1 is 0.966 bits per heavy atom. The van der Waals surface area contributed by atoms with Crippen LogP contribution in [0.2, 0.25) is 0 Å². The van der Waals surface area contributed by atoms with E-state index in [1.54, 1.807) is 4.90 Å². The van der Waals surface area contributed by atoms with Crippen molar-refractivity contribution in [3.63, 3.8) is 0 Å². The molecule has 3 aromatic rings. The van der Waals surface area contributed by atoms with E-state index in [1.807, 2.05) is 48.5 Å². The monoisotopic (exact) mass is 408 g/mol. The molecule has 8 heteroatoms. The lowest BCUT2D eigenvalue weighted by atomic mass is 10.0. The summed E-state index contributed by atoms with van der Waals surface area (Å²) in [6.45, 7) is -0.465.